The lowest BCUT2D eigenvalue weighted by Gasteiger charge is -2.11. The Labute approximate surface area is 141 Å². The largest absolute Gasteiger partial charge is 0.346 e. The molecule has 2 N–H and O–H groups in total. The fourth-order valence-corrected chi connectivity index (χ4v) is 2.64. The molecular weight excluding hydrogens is 300 g/mol. The van der Waals surface area contributed by atoms with E-state index < -0.39 is 0 Å². The fraction of sp³-hybridized carbons (Fsp3) is 0.263. The summed E-state index contributed by atoms with van der Waals surface area (Å²) in [5, 5.41) is 3.97. The summed E-state index contributed by atoms with van der Waals surface area (Å²) in [6.07, 6.45) is 4.52. The maximum Gasteiger partial charge on any atom is 0.255 e. The number of pyridine rings is 1. The quantitative estimate of drug-likeness (QED) is 0.758. The highest BCUT2D eigenvalue weighted by Crippen LogP contribution is 2.23. The van der Waals surface area contributed by atoms with Gasteiger partial charge in [0.1, 0.15) is 5.65 Å². The minimum Gasteiger partial charge on any atom is -0.346 e. The van der Waals surface area contributed by atoms with Gasteiger partial charge in [-0.2, -0.15) is 0 Å². The molecule has 24 heavy (non-hydrogen) atoms. The smallest absolute Gasteiger partial charge is 0.255 e. The number of aromatic nitrogens is 2. The van der Waals surface area contributed by atoms with Crippen LogP contribution in [-0.2, 0) is 6.42 Å². The standard InChI is InChI=1S/C19H22N4O/c1-13-16-8-10-20-18(16)21-12-17(13)22-19(24)15-6-4-14(5-7-15)9-11-23(2)3/h4-8,10,12H,9,11H2,1-3H3,(H,20,21)(H,22,24). The zero-order valence-corrected chi connectivity index (χ0v) is 14.3. The van der Waals surface area contributed by atoms with Crippen LogP contribution in [0.25, 0.3) is 11.0 Å². The minimum absolute atomic E-state index is 0.117. The van der Waals surface area contributed by atoms with Crippen LogP contribution in [0.4, 0.5) is 5.69 Å². The molecule has 0 atom stereocenters. The van der Waals surface area contributed by atoms with E-state index in [1.165, 1.54) is 5.56 Å². The number of anilines is 1. The molecule has 0 unspecified atom stereocenters. The summed E-state index contributed by atoms with van der Waals surface area (Å²) in [4.78, 5) is 22.0. The van der Waals surface area contributed by atoms with E-state index in [0.29, 0.717) is 5.56 Å². The summed E-state index contributed by atoms with van der Waals surface area (Å²) in [6, 6.07) is 9.74. The number of rotatable bonds is 5. The van der Waals surface area contributed by atoms with Crippen molar-refractivity contribution in [3.8, 4) is 0 Å². The number of fused-ring (bicyclic) bond motifs is 1. The lowest BCUT2D eigenvalue weighted by Crippen LogP contribution is -2.15. The lowest BCUT2D eigenvalue weighted by atomic mass is 10.1. The van der Waals surface area contributed by atoms with E-state index in [4.69, 9.17) is 0 Å². The van der Waals surface area contributed by atoms with Crippen molar-refractivity contribution in [1.82, 2.24) is 14.9 Å². The predicted molar refractivity (Wildman–Crippen MR) is 97.5 cm³/mol. The van der Waals surface area contributed by atoms with Crippen molar-refractivity contribution in [2.45, 2.75) is 13.3 Å². The van der Waals surface area contributed by atoms with E-state index in [2.05, 4.69) is 34.3 Å². The third-order valence-corrected chi connectivity index (χ3v) is 4.17. The lowest BCUT2D eigenvalue weighted by molar-refractivity contribution is 0.102. The van der Waals surface area contributed by atoms with Crippen molar-refractivity contribution in [2.75, 3.05) is 26.0 Å². The first-order chi connectivity index (χ1) is 11.5. The van der Waals surface area contributed by atoms with Crippen molar-refractivity contribution < 1.29 is 4.79 Å². The topological polar surface area (TPSA) is 61.0 Å². The normalized spacial score (nSPS) is 11.2. The van der Waals surface area contributed by atoms with E-state index >= 15 is 0 Å². The van der Waals surface area contributed by atoms with Gasteiger partial charge in [0.25, 0.3) is 5.91 Å². The van der Waals surface area contributed by atoms with Crippen LogP contribution in [0.1, 0.15) is 21.5 Å². The zero-order valence-electron chi connectivity index (χ0n) is 14.3. The molecule has 0 aliphatic carbocycles. The Bertz CT molecular complexity index is 849. The molecule has 5 heteroatoms. The molecule has 0 spiro atoms. The van der Waals surface area contributed by atoms with Crippen LogP contribution in [0.3, 0.4) is 0 Å². The summed E-state index contributed by atoms with van der Waals surface area (Å²) in [5.74, 6) is -0.117. The number of hydrogen-bond donors (Lipinski definition) is 2. The van der Waals surface area contributed by atoms with Crippen molar-refractivity contribution in [2.24, 2.45) is 0 Å². The molecule has 3 aromatic rings. The molecule has 0 aliphatic heterocycles. The van der Waals surface area contributed by atoms with Crippen LogP contribution in [-0.4, -0.2) is 41.4 Å². The van der Waals surface area contributed by atoms with Crippen LogP contribution in [0.2, 0.25) is 0 Å². The Hall–Kier alpha value is -2.66. The number of H-pyrrole nitrogens is 1. The van der Waals surface area contributed by atoms with Crippen LogP contribution in [0, 0.1) is 6.92 Å². The first-order valence-electron chi connectivity index (χ1n) is 8.02. The van der Waals surface area contributed by atoms with Gasteiger partial charge in [0.05, 0.1) is 11.9 Å². The summed E-state index contributed by atoms with van der Waals surface area (Å²) in [5.41, 5.74) is 4.46. The Kier molecular flexibility index (Phi) is 4.62. The van der Waals surface area contributed by atoms with Crippen molar-refractivity contribution >= 4 is 22.6 Å². The van der Waals surface area contributed by atoms with Crippen LogP contribution in [0.15, 0.2) is 42.7 Å². The van der Waals surface area contributed by atoms with Gasteiger partial charge in [-0.15, -0.1) is 0 Å². The van der Waals surface area contributed by atoms with E-state index in [1.807, 2.05) is 43.5 Å². The number of carbonyl (C=O) groups excluding carboxylic acids is 1. The first kappa shape index (κ1) is 16.2. The summed E-state index contributed by atoms with van der Waals surface area (Å²) in [7, 11) is 4.11. The third kappa shape index (κ3) is 3.46. The molecule has 0 saturated carbocycles. The van der Waals surface area contributed by atoms with Gasteiger partial charge in [-0.1, -0.05) is 12.1 Å². The van der Waals surface area contributed by atoms with Crippen LogP contribution < -0.4 is 5.32 Å². The molecule has 0 bridgehead atoms. The van der Waals surface area contributed by atoms with Gasteiger partial charge in [-0.25, -0.2) is 4.98 Å². The average Bonchev–Trinajstić information content (AvgIpc) is 3.05. The van der Waals surface area contributed by atoms with Gasteiger partial charge in [0.2, 0.25) is 0 Å². The molecular formula is C19H22N4O. The zero-order chi connectivity index (χ0) is 17.1. The Morgan fingerprint density at radius 1 is 1.21 bits per heavy atom. The number of nitrogens with zero attached hydrogens (tertiary/aromatic N) is 2. The number of benzene rings is 1. The van der Waals surface area contributed by atoms with Crippen LogP contribution in [0.5, 0.6) is 0 Å². The van der Waals surface area contributed by atoms with Gasteiger partial charge in [-0.3, -0.25) is 4.79 Å². The number of aromatic amines is 1. The van der Waals surface area contributed by atoms with Crippen molar-refractivity contribution in [3.05, 3.63) is 59.4 Å². The van der Waals surface area contributed by atoms with E-state index in [9.17, 15) is 4.79 Å². The van der Waals surface area contributed by atoms with Gasteiger partial charge >= 0.3 is 0 Å². The molecule has 0 radical (unpaired) electrons. The molecule has 1 amide bonds. The second kappa shape index (κ2) is 6.84. The molecule has 0 saturated heterocycles. The van der Waals surface area contributed by atoms with Crippen LogP contribution >= 0.6 is 0 Å². The van der Waals surface area contributed by atoms with E-state index in [1.54, 1.807) is 6.20 Å². The number of amides is 1. The van der Waals surface area contributed by atoms with Gasteiger partial charge < -0.3 is 15.2 Å². The molecule has 2 heterocycles. The molecule has 5 nitrogen and oxygen atoms in total. The predicted octanol–water partition coefficient (Wildman–Crippen LogP) is 3.23. The fourth-order valence-electron chi connectivity index (χ4n) is 2.64. The van der Waals surface area contributed by atoms with Gasteiger partial charge in [-0.05, 0) is 56.8 Å². The number of likely N-dealkylation sites (N-methyl/N-ethyl adjacent to an activating group) is 1. The van der Waals surface area contributed by atoms with Crippen molar-refractivity contribution in [1.29, 1.82) is 0 Å². The molecule has 2 aromatic heterocycles. The average molecular weight is 322 g/mol. The Morgan fingerprint density at radius 3 is 2.67 bits per heavy atom. The number of nitrogens with one attached hydrogen (secondary N) is 2. The van der Waals surface area contributed by atoms with E-state index in [0.717, 1.165) is 35.2 Å². The number of carbonyl (C=O) groups is 1. The van der Waals surface area contributed by atoms with E-state index in [-0.39, 0.29) is 5.91 Å². The molecule has 1 aromatic carbocycles. The monoisotopic (exact) mass is 322 g/mol. The number of aryl methyl sites for hydroxylation is 1. The maximum atomic E-state index is 12.5. The SMILES string of the molecule is Cc1c(NC(=O)c2ccc(CCN(C)C)cc2)cnc2[nH]ccc12. The van der Waals surface area contributed by atoms with Gasteiger partial charge in [0, 0.05) is 23.7 Å². The summed E-state index contributed by atoms with van der Waals surface area (Å²) in [6.45, 7) is 2.98. The second-order valence-electron chi connectivity index (χ2n) is 6.24. The van der Waals surface area contributed by atoms with Crippen molar-refractivity contribution in [3.63, 3.8) is 0 Å². The number of hydrogen-bond acceptors (Lipinski definition) is 3. The molecule has 0 aliphatic rings. The Morgan fingerprint density at radius 2 is 1.96 bits per heavy atom. The third-order valence-electron chi connectivity index (χ3n) is 4.17. The Balaban J connectivity index is 1.73. The summed E-state index contributed by atoms with van der Waals surface area (Å²) < 4.78 is 0. The highest BCUT2D eigenvalue weighted by atomic mass is 16.1. The summed E-state index contributed by atoms with van der Waals surface area (Å²) >= 11 is 0. The first-order valence-corrected chi connectivity index (χ1v) is 8.02. The molecule has 0 fully saturated rings. The minimum atomic E-state index is -0.117. The molecule has 3 rings (SSSR count). The highest BCUT2D eigenvalue weighted by molar-refractivity contribution is 6.05. The molecule has 124 valence electrons. The highest BCUT2D eigenvalue weighted by Gasteiger charge is 2.10. The van der Waals surface area contributed by atoms with Gasteiger partial charge in [0.15, 0.2) is 0 Å². The second-order valence-corrected chi connectivity index (χ2v) is 6.24. The maximum absolute atomic E-state index is 12.5.